The highest BCUT2D eigenvalue weighted by atomic mass is 127. The Morgan fingerprint density at radius 3 is 2.67 bits per heavy atom. The van der Waals surface area contributed by atoms with Crippen LogP contribution in [0.1, 0.15) is 28.0 Å². The van der Waals surface area contributed by atoms with Crippen LogP contribution in [0.2, 0.25) is 0 Å². The molecule has 0 aromatic carbocycles. The van der Waals surface area contributed by atoms with Crippen LogP contribution in [0.4, 0.5) is 8.78 Å². The van der Waals surface area contributed by atoms with Gasteiger partial charge in [0.2, 0.25) is 0 Å². The van der Waals surface area contributed by atoms with Gasteiger partial charge in [-0.15, -0.1) is 0 Å². The number of nitrogens with two attached hydrogens (primary N) is 1. The van der Waals surface area contributed by atoms with Gasteiger partial charge in [0.05, 0.1) is 16.8 Å². The molecule has 0 bridgehead atoms. The third-order valence-corrected chi connectivity index (χ3v) is 2.60. The van der Waals surface area contributed by atoms with Gasteiger partial charge < -0.3 is 10.8 Å². The van der Waals surface area contributed by atoms with Gasteiger partial charge in [0.25, 0.3) is 6.43 Å². The summed E-state index contributed by atoms with van der Waals surface area (Å²) in [6, 6.07) is 0. The van der Waals surface area contributed by atoms with Crippen LogP contribution in [0, 0.1) is 3.57 Å². The molecule has 0 saturated carbocycles. The van der Waals surface area contributed by atoms with Crippen LogP contribution in [0.3, 0.4) is 0 Å². The van der Waals surface area contributed by atoms with E-state index in [-0.39, 0.29) is 15.8 Å². The Kier molecular flexibility index (Phi) is 3.91. The number of alkyl halides is 2. The van der Waals surface area contributed by atoms with Gasteiger partial charge in [-0.25, -0.2) is 13.6 Å². The predicted molar refractivity (Wildman–Crippen MR) is 56.8 cm³/mol. The zero-order chi connectivity index (χ0) is 11.6. The number of rotatable bonds is 3. The largest absolute Gasteiger partial charge is 0.478 e. The molecule has 1 rings (SSSR count). The Labute approximate surface area is 97.6 Å². The van der Waals surface area contributed by atoms with Crippen LogP contribution in [0.15, 0.2) is 6.20 Å². The molecule has 0 aliphatic heterocycles. The van der Waals surface area contributed by atoms with E-state index in [9.17, 15) is 13.6 Å². The average molecular weight is 328 g/mol. The summed E-state index contributed by atoms with van der Waals surface area (Å²) < 4.78 is 25.5. The third kappa shape index (κ3) is 2.40. The van der Waals surface area contributed by atoms with E-state index in [1.54, 1.807) is 22.6 Å². The van der Waals surface area contributed by atoms with E-state index >= 15 is 0 Å². The summed E-state index contributed by atoms with van der Waals surface area (Å²) in [4.78, 5) is 14.5. The number of hydrogen-bond donors (Lipinski definition) is 2. The lowest BCUT2D eigenvalue weighted by Crippen LogP contribution is -2.13. The van der Waals surface area contributed by atoms with Crippen molar-refractivity contribution in [3.63, 3.8) is 0 Å². The first-order valence-corrected chi connectivity index (χ1v) is 4.95. The monoisotopic (exact) mass is 328 g/mol. The van der Waals surface area contributed by atoms with E-state index in [1.807, 2.05) is 0 Å². The lowest BCUT2D eigenvalue weighted by molar-refractivity contribution is 0.0682. The minimum absolute atomic E-state index is 0.0807. The van der Waals surface area contributed by atoms with Crippen molar-refractivity contribution in [2.45, 2.75) is 13.0 Å². The summed E-state index contributed by atoms with van der Waals surface area (Å²) in [5.74, 6) is -1.40. The average Bonchev–Trinajstić information content (AvgIpc) is 2.16. The molecule has 15 heavy (non-hydrogen) atoms. The lowest BCUT2D eigenvalue weighted by Gasteiger charge is -2.10. The maximum Gasteiger partial charge on any atom is 0.337 e. The Bertz CT molecular complexity index is 398. The molecule has 1 aromatic heterocycles. The van der Waals surface area contributed by atoms with Crippen LogP contribution in [0.5, 0.6) is 0 Å². The maximum atomic E-state index is 12.7. The molecule has 1 aromatic rings. The molecule has 1 heterocycles. The Morgan fingerprint density at radius 2 is 2.27 bits per heavy atom. The van der Waals surface area contributed by atoms with Crippen molar-refractivity contribution < 1.29 is 18.7 Å². The highest BCUT2D eigenvalue weighted by Gasteiger charge is 2.24. The van der Waals surface area contributed by atoms with Crippen molar-refractivity contribution in [1.82, 2.24) is 4.98 Å². The second-order valence-corrected chi connectivity index (χ2v) is 3.81. The molecule has 4 nitrogen and oxygen atoms in total. The highest BCUT2D eigenvalue weighted by molar-refractivity contribution is 14.1. The van der Waals surface area contributed by atoms with Crippen molar-refractivity contribution in [2.24, 2.45) is 5.73 Å². The second kappa shape index (κ2) is 4.79. The molecule has 0 aliphatic carbocycles. The van der Waals surface area contributed by atoms with E-state index in [4.69, 9.17) is 10.8 Å². The number of carbonyl (C=O) groups is 1. The van der Waals surface area contributed by atoms with Gasteiger partial charge in [0.15, 0.2) is 0 Å². The summed E-state index contributed by atoms with van der Waals surface area (Å²) in [7, 11) is 0. The fourth-order valence-corrected chi connectivity index (χ4v) is 1.82. The normalized spacial score (nSPS) is 10.7. The first kappa shape index (κ1) is 12.2. The lowest BCUT2D eigenvalue weighted by atomic mass is 10.1. The van der Waals surface area contributed by atoms with Crippen molar-refractivity contribution >= 4 is 28.6 Å². The number of nitrogens with zero attached hydrogens (tertiary/aromatic N) is 1. The first-order valence-electron chi connectivity index (χ1n) is 3.87. The van der Waals surface area contributed by atoms with Gasteiger partial charge in [-0.1, -0.05) is 0 Å². The van der Waals surface area contributed by atoms with Crippen molar-refractivity contribution in [1.29, 1.82) is 0 Å². The number of pyridine rings is 1. The zero-order valence-corrected chi connectivity index (χ0v) is 9.53. The molecule has 0 spiro atoms. The smallest absolute Gasteiger partial charge is 0.337 e. The van der Waals surface area contributed by atoms with Gasteiger partial charge in [0, 0.05) is 16.3 Å². The molecule has 82 valence electrons. The van der Waals surface area contributed by atoms with Crippen LogP contribution in [-0.4, -0.2) is 16.1 Å². The van der Waals surface area contributed by atoms with E-state index < -0.39 is 23.5 Å². The molecule has 3 N–H and O–H groups in total. The molecule has 0 fully saturated rings. The van der Waals surface area contributed by atoms with Gasteiger partial charge in [-0.2, -0.15) is 0 Å². The summed E-state index contributed by atoms with van der Waals surface area (Å²) >= 11 is 1.65. The predicted octanol–water partition coefficient (Wildman–Crippen LogP) is 1.78. The number of aromatic nitrogens is 1. The molecule has 7 heteroatoms. The maximum absolute atomic E-state index is 12.7. The number of halogens is 3. The first-order chi connectivity index (χ1) is 6.99. The molecular weight excluding hydrogens is 321 g/mol. The molecule has 0 aliphatic rings. The molecule has 0 unspecified atom stereocenters. The topological polar surface area (TPSA) is 76.2 Å². The summed E-state index contributed by atoms with van der Waals surface area (Å²) in [5.41, 5.74) is 4.13. The minimum Gasteiger partial charge on any atom is -0.478 e. The van der Waals surface area contributed by atoms with Gasteiger partial charge >= 0.3 is 5.97 Å². The van der Waals surface area contributed by atoms with Gasteiger partial charge in [0.1, 0.15) is 0 Å². The number of carboxylic acid groups (broad SMARTS) is 1. The SMILES string of the molecule is NCc1ncc(I)c(C(=O)O)c1C(F)F. The van der Waals surface area contributed by atoms with E-state index in [1.165, 1.54) is 6.20 Å². The summed E-state index contributed by atoms with van der Waals surface area (Å²) in [6.45, 7) is -0.211. The number of hydrogen-bond acceptors (Lipinski definition) is 3. The highest BCUT2D eigenvalue weighted by Crippen LogP contribution is 2.28. The van der Waals surface area contributed by atoms with Crippen molar-refractivity contribution in [2.75, 3.05) is 0 Å². The fraction of sp³-hybridized carbons (Fsp3) is 0.250. The minimum atomic E-state index is -2.89. The summed E-state index contributed by atoms with van der Waals surface area (Å²) in [5, 5.41) is 8.81. The molecule has 0 saturated heterocycles. The Morgan fingerprint density at radius 1 is 1.67 bits per heavy atom. The number of aromatic carboxylic acids is 1. The fourth-order valence-electron chi connectivity index (χ4n) is 1.16. The zero-order valence-electron chi connectivity index (χ0n) is 7.38. The van der Waals surface area contributed by atoms with Crippen molar-refractivity contribution in [3.8, 4) is 0 Å². The van der Waals surface area contributed by atoms with Crippen LogP contribution in [-0.2, 0) is 6.54 Å². The quantitative estimate of drug-likeness (QED) is 0.830. The van der Waals surface area contributed by atoms with Crippen LogP contribution < -0.4 is 5.73 Å². The number of carboxylic acids is 1. The molecular formula is C8H7F2IN2O2. The molecule has 0 atom stereocenters. The molecule has 0 radical (unpaired) electrons. The third-order valence-electron chi connectivity index (χ3n) is 1.78. The Balaban J connectivity index is 3.51. The van der Waals surface area contributed by atoms with Crippen molar-refractivity contribution in [3.05, 3.63) is 26.6 Å². The Hall–Kier alpha value is -0.830. The standard InChI is InChI=1S/C8H7F2IN2O2/c9-7(10)6-4(1-12)13-2-3(11)5(6)8(14)15/h2,7H,1,12H2,(H,14,15). The summed E-state index contributed by atoms with van der Waals surface area (Å²) in [6.07, 6.45) is -1.67. The van der Waals surface area contributed by atoms with Crippen LogP contribution in [0.25, 0.3) is 0 Å². The second-order valence-electron chi connectivity index (χ2n) is 2.65. The van der Waals surface area contributed by atoms with Gasteiger partial charge in [-0.3, -0.25) is 4.98 Å². The van der Waals surface area contributed by atoms with Gasteiger partial charge in [-0.05, 0) is 22.6 Å². The molecule has 0 amide bonds. The van der Waals surface area contributed by atoms with E-state index in [2.05, 4.69) is 4.98 Å². The van der Waals surface area contributed by atoms with E-state index in [0.717, 1.165) is 0 Å². The van der Waals surface area contributed by atoms with Crippen LogP contribution >= 0.6 is 22.6 Å². The van der Waals surface area contributed by atoms with E-state index in [0.29, 0.717) is 0 Å².